The van der Waals surface area contributed by atoms with Crippen LogP contribution in [0.15, 0.2) is 40.9 Å². The molecule has 0 radical (unpaired) electrons. The minimum atomic E-state index is -1.35. The standard InChI is InChI=1S/C29H34BrN3O4/c1-33(2)14-13-29(34,21-17-26(35-3)32-27(18-21)36-4)24(8-6-7-19-9-10-19)23-16-20-15-22(30)11-12-25(20)31-28(23)37-5/h11-12,15-19,24,34H,8-10,13-14H2,1-5H3. The highest BCUT2D eigenvalue weighted by Gasteiger charge is 2.42. The highest BCUT2D eigenvalue weighted by atomic mass is 79.9. The normalized spacial score (nSPS) is 15.6. The van der Waals surface area contributed by atoms with Crippen molar-refractivity contribution in [2.24, 2.45) is 5.92 Å². The van der Waals surface area contributed by atoms with Crippen LogP contribution in [0.25, 0.3) is 10.9 Å². The van der Waals surface area contributed by atoms with E-state index in [-0.39, 0.29) is 0 Å². The third kappa shape index (κ3) is 6.35. The van der Waals surface area contributed by atoms with Crippen LogP contribution >= 0.6 is 15.9 Å². The van der Waals surface area contributed by atoms with Gasteiger partial charge in [0.1, 0.15) is 0 Å². The molecule has 37 heavy (non-hydrogen) atoms. The molecular weight excluding hydrogens is 534 g/mol. The molecule has 0 bridgehead atoms. The molecule has 1 aromatic carbocycles. The number of nitrogens with zero attached hydrogens (tertiary/aromatic N) is 3. The van der Waals surface area contributed by atoms with Crippen LogP contribution in [0.2, 0.25) is 0 Å². The number of aromatic nitrogens is 2. The molecular formula is C29H34BrN3O4. The number of pyridine rings is 2. The molecule has 1 saturated carbocycles. The molecule has 2 heterocycles. The maximum atomic E-state index is 12.7. The number of ether oxygens (including phenoxy) is 3. The Morgan fingerprint density at radius 2 is 1.76 bits per heavy atom. The van der Waals surface area contributed by atoms with Crippen LogP contribution in [0.4, 0.5) is 0 Å². The van der Waals surface area contributed by atoms with Crippen LogP contribution in [0, 0.1) is 17.8 Å². The number of halogens is 1. The summed E-state index contributed by atoms with van der Waals surface area (Å²) in [6, 6.07) is 11.5. The lowest BCUT2D eigenvalue weighted by atomic mass is 9.73. The molecule has 1 aliphatic carbocycles. The summed E-state index contributed by atoms with van der Waals surface area (Å²) in [6.07, 6.45) is 3.14. The lowest BCUT2D eigenvalue weighted by Crippen LogP contribution is -2.37. The van der Waals surface area contributed by atoms with E-state index in [1.165, 1.54) is 0 Å². The summed E-state index contributed by atoms with van der Waals surface area (Å²) in [5.41, 5.74) is 0.915. The van der Waals surface area contributed by atoms with Crippen molar-refractivity contribution in [3.63, 3.8) is 0 Å². The van der Waals surface area contributed by atoms with Gasteiger partial charge >= 0.3 is 0 Å². The Morgan fingerprint density at radius 3 is 2.35 bits per heavy atom. The van der Waals surface area contributed by atoms with Crippen molar-refractivity contribution in [2.45, 2.75) is 37.2 Å². The van der Waals surface area contributed by atoms with Crippen molar-refractivity contribution in [3.8, 4) is 29.5 Å². The number of hydrogen-bond acceptors (Lipinski definition) is 7. The van der Waals surface area contributed by atoms with Crippen molar-refractivity contribution in [1.29, 1.82) is 0 Å². The summed E-state index contributed by atoms with van der Waals surface area (Å²) in [5.74, 6) is 7.97. The second-order valence-corrected chi connectivity index (χ2v) is 10.6. The lowest BCUT2D eigenvalue weighted by Gasteiger charge is -2.38. The zero-order chi connectivity index (χ0) is 26.6. The largest absolute Gasteiger partial charge is 0.481 e. The molecule has 3 aromatic rings. The summed E-state index contributed by atoms with van der Waals surface area (Å²) in [6.45, 7) is 0.644. The first-order chi connectivity index (χ1) is 17.8. The van der Waals surface area contributed by atoms with Gasteiger partial charge in [-0.2, -0.15) is 4.98 Å². The molecule has 1 fully saturated rings. The fourth-order valence-electron chi connectivity index (χ4n) is 4.48. The van der Waals surface area contributed by atoms with E-state index in [1.807, 2.05) is 32.3 Å². The van der Waals surface area contributed by atoms with Crippen molar-refractivity contribution in [2.75, 3.05) is 42.0 Å². The highest BCUT2D eigenvalue weighted by Crippen LogP contribution is 2.46. The quantitative estimate of drug-likeness (QED) is 0.340. The van der Waals surface area contributed by atoms with E-state index < -0.39 is 11.5 Å². The molecule has 0 amide bonds. The average Bonchev–Trinajstić information content (AvgIpc) is 3.73. The smallest absolute Gasteiger partial charge is 0.217 e. The first-order valence-electron chi connectivity index (χ1n) is 12.4. The zero-order valence-electron chi connectivity index (χ0n) is 22.0. The Labute approximate surface area is 227 Å². The summed E-state index contributed by atoms with van der Waals surface area (Å²) in [5, 5.41) is 13.6. The number of benzene rings is 1. The van der Waals surface area contributed by atoms with E-state index in [0.29, 0.717) is 48.5 Å². The number of fused-ring (bicyclic) bond motifs is 1. The molecule has 4 rings (SSSR count). The SMILES string of the molecule is COc1cc(C(O)(CCN(C)C)C(CC#CC2CC2)c2cc3cc(Br)ccc3nc2OC)cc(OC)n1. The maximum Gasteiger partial charge on any atom is 0.217 e. The van der Waals surface area contributed by atoms with E-state index in [1.54, 1.807) is 33.5 Å². The lowest BCUT2D eigenvalue weighted by molar-refractivity contribution is -0.00705. The summed E-state index contributed by atoms with van der Waals surface area (Å²) >= 11 is 3.57. The van der Waals surface area contributed by atoms with Gasteiger partial charge in [0.15, 0.2) is 0 Å². The fourth-order valence-corrected chi connectivity index (χ4v) is 4.86. The van der Waals surface area contributed by atoms with Gasteiger partial charge in [-0.15, -0.1) is 5.92 Å². The molecule has 8 heteroatoms. The molecule has 196 valence electrons. The van der Waals surface area contributed by atoms with E-state index in [4.69, 9.17) is 19.2 Å². The van der Waals surface area contributed by atoms with Gasteiger partial charge < -0.3 is 24.2 Å². The molecule has 0 spiro atoms. The van der Waals surface area contributed by atoms with Gasteiger partial charge in [-0.1, -0.05) is 21.9 Å². The third-order valence-corrected chi connectivity index (χ3v) is 7.23. The molecule has 0 aliphatic heterocycles. The fraction of sp³-hybridized carbons (Fsp3) is 0.448. The van der Waals surface area contributed by atoms with Crippen LogP contribution in [0.1, 0.15) is 42.7 Å². The van der Waals surface area contributed by atoms with Gasteiger partial charge in [-0.25, -0.2) is 4.98 Å². The van der Waals surface area contributed by atoms with Crippen molar-refractivity contribution >= 4 is 26.8 Å². The second kappa shape index (κ2) is 11.7. The topological polar surface area (TPSA) is 76.9 Å². The second-order valence-electron chi connectivity index (χ2n) is 9.69. The molecule has 0 saturated heterocycles. The maximum absolute atomic E-state index is 12.7. The third-order valence-electron chi connectivity index (χ3n) is 6.74. The highest BCUT2D eigenvalue weighted by molar-refractivity contribution is 9.10. The van der Waals surface area contributed by atoms with Crippen molar-refractivity contribution in [3.05, 3.63) is 52.0 Å². The Kier molecular flexibility index (Phi) is 8.58. The first kappa shape index (κ1) is 27.2. The van der Waals surface area contributed by atoms with E-state index in [9.17, 15) is 5.11 Å². The number of aliphatic hydroxyl groups is 1. The molecule has 2 aromatic heterocycles. The van der Waals surface area contributed by atoms with E-state index in [2.05, 4.69) is 43.7 Å². The predicted molar refractivity (Wildman–Crippen MR) is 148 cm³/mol. The van der Waals surface area contributed by atoms with Crippen LogP contribution in [0.3, 0.4) is 0 Å². The number of methoxy groups -OCH3 is 3. The Bertz CT molecular complexity index is 1290. The summed E-state index contributed by atoms with van der Waals surface area (Å²) in [7, 11) is 8.70. The molecule has 1 N–H and O–H groups in total. The van der Waals surface area contributed by atoms with E-state index >= 15 is 0 Å². The monoisotopic (exact) mass is 567 g/mol. The van der Waals surface area contributed by atoms with Gasteiger partial charge in [0.05, 0.1) is 32.4 Å². The first-order valence-corrected chi connectivity index (χ1v) is 13.2. The molecule has 7 nitrogen and oxygen atoms in total. The number of hydrogen-bond donors (Lipinski definition) is 1. The molecule has 1 aliphatic rings. The van der Waals surface area contributed by atoms with Crippen molar-refractivity contribution < 1.29 is 19.3 Å². The van der Waals surface area contributed by atoms with Gasteiger partial charge in [-0.05, 0) is 63.2 Å². The van der Waals surface area contributed by atoms with Gasteiger partial charge in [-0.3, -0.25) is 0 Å². The summed E-state index contributed by atoms with van der Waals surface area (Å²) in [4.78, 5) is 11.2. The van der Waals surface area contributed by atoms with Gasteiger partial charge in [0.25, 0.3) is 0 Å². The van der Waals surface area contributed by atoms with Crippen LogP contribution in [-0.4, -0.2) is 61.9 Å². The van der Waals surface area contributed by atoms with Crippen LogP contribution in [0.5, 0.6) is 17.6 Å². The molecule has 2 atom stereocenters. The van der Waals surface area contributed by atoms with Gasteiger partial charge in [0.2, 0.25) is 17.6 Å². The number of rotatable bonds is 10. The average molecular weight is 569 g/mol. The summed E-state index contributed by atoms with van der Waals surface area (Å²) < 4.78 is 17.7. The van der Waals surface area contributed by atoms with Crippen LogP contribution < -0.4 is 14.2 Å². The van der Waals surface area contributed by atoms with E-state index in [0.717, 1.165) is 33.8 Å². The predicted octanol–water partition coefficient (Wildman–Crippen LogP) is 5.14. The Morgan fingerprint density at radius 1 is 1.05 bits per heavy atom. The van der Waals surface area contributed by atoms with Crippen molar-refractivity contribution in [1.82, 2.24) is 14.9 Å². The van der Waals surface area contributed by atoms with Crippen LogP contribution in [-0.2, 0) is 5.60 Å². The Balaban J connectivity index is 1.94. The molecule has 2 unspecified atom stereocenters. The minimum absolute atomic E-state index is 0.368. The zero-order valence-corrected chi connectivity index (χ0v) is 23.6. The minimum Gasteiger partial charge on any atom is -0.481 e. The van der Waals surface area contributed by atoms with Gasteiger partial charge in [0, 0.05) is 52.4 Å². The Hall–Kier alpha value is -2.86.